The highest BCUT2D eigenvalue weighted by atomic mass is 35.5. The molecule has 1 aromatic carbocycles. The van der Waals surface area contributed by atoms with E-state index >= 15 is 0 Å². The van der Waals surface area contributed by atoms with Crippen LogP contribution in [0, 0.1) is 6.92 Å². The number of halogens is 1. The van der Waals surface area contributed by atoms with Gasteiger partial charge in [-0.2, -0.15) is 0 Å². The molecule has 2 heterocycles. The maximum atomic E-state index is 12.2. The molecule has 0 spiro atoms. The van der Waals surface area contributed by atoms with Crippen molar-refractivity contribution in [3.63, 3.8) is 0 Å². The average molecular weight is 328 g/mol. The Bertz CT molecular complexity index is 920. The van der Waals surface area contributed by atoms with Gasteiger partial charge in [-0.25, -0.2) is 4.98 Å². The molecule has 23 heavy (non-hydrogen) atoms. The molecule has 0 N–H and O–H groups in total. The number of fused-ring (bicyclic) bond motifs is 1. The van der Waals surface area contributed by atoms with E-state index in [9.17, 15) is 4.79 Å². The smallest absolute Gasteiger partial charge is 0.259 e. The third-order valence-corrected chi connectivity index (χ3v) is 3.95. The van der Waals surface area contributed by atoms with Crippen molar-refractivity contribution >= 4 is 23.6 Å². The van der Waals surface area contributed by atoms with Crippen LogP contribution in [0.4, 0.5) is 0 Å². The summed E-state index contributed by atoms with van der Waals surface area (Å²) in [6.07, 6.45) is 7.91. The van der Waals surface area contributed by atoms with Gasteiger partial charge in [0.2, 0.25) is 5.78 Å². The highest BCUT2D eigenvalue weighted by molar-refractivity contribution is 6.30. The number of hydrogen-bond donors (Lipinski definition) is 0. The summed E-state index contributed by atoms with van der Waals surface area (Å²) in [5.74, 6) is 0.618. The molecule has 0 aliphatic carbocycles. The van der Waals surface area contributed by atoms with Crippen molar-refractivity contribution in [3.8, 4) is 11.3 Å². The van der Waals surface area contributed by atoms with E-state index in [1.54, 1.807) is 16.7 Å². The van der Waals surface area contributed by atoms with Crippen molar-refractivity contribution < 1.29 is 0 Å². The van der Waals surface area contributed by atoms with Crippen LogP contribution in [0.3, 0.4) is 0 Å². The van der Waals surface area contributed by atoms with Gasteiger partial charge in [0.15, 0.2) is 0 Å². The molecule has 0 aliphatic rings. The molecule has 118 valence electrons. The van der Waals surface area contributed by atoms with Gasteiger partial charge < -0.3 is 0 Å². The van der Waals surface area contributed by atoms with Gasteiger partial charge in [-0.05, 0) is 25.5 Å². The fourth-order valence-electron chi connectivity index (χ4n) is 2.47. The molecule has 0 unspecified atom stereocenters. The topological polar surface area (TPSA) is 39.3 Å². The van der Waals surface area contributed by atoms with E-state index in [-0.39, 0.29) is 5.56 Å². The second-order valence-electron chi connectivity index (χ2n) is 5.47. The van der Waals surface area contributed by atoms with Crippen molar-refractivity contribution in [2.45, 2.75) is 26.7 Å². The number of aromatic nitrogens is 3. The summed E-state index contributed by atoms with van der Waals surface area (Å²) >= 11 is 5.93. The van der Waals surface area contributed by atoms with E-state index in [1.807, 2.05) is 42.0 Å². The summed E-state index contributed by atoms with van der Waals surface area (Å²) in [6, 6.07) is 9.06. The first-order chi connectivity index (χ1) is 11.1. The summed E-state index contributed by atoms with van der Waals surface area (Å²) < 4.78 is 3.52. The maximum absolute atomic E-state index is 12.2. The van der Waals surface area contributed by atoms with Crippen molar-refractivity contribution in [1.29, 1.82) is 0 Å². The number of hydrogen-bond acceptors (Lipinski definition) is 2. The van der Waals surface area contributed by atoms with Crippen LogP contribution in [-0.4, -0.2) is 14.0 Å². The number of imidazole rings is 1. The summed E-state index contributed by atoms with van der Waals surface area (Å²) in [5, 5.41) is 0.676. The third-order valence-electron chi connectivity index (χ3n) is 3.70. The first-order valence-corrected chi connectivity index (χ1v) is 8.02. The summed E-state index contributed by atoms with van der Waals surface area (Å²) in [4.78, 5) is 16.9. The Balaban J connectivity index is 2.17. The van der Waals surface area contributed by atoms with Crippen LogP contribution >= 0.6 is 11.6 Å². The first kappa shape index (κ1) is 15.6. The van der Waals surface area contributed by atoms with Crippen LogP contribution in [0.25, 0.3) is 23.2 Å². The normalized spacial score (nSPS) is 11.6. The van der Waals surface area contributed by atoms with Crippen LogP contribution in [0.5, 0.6) is 0 Å². The quantitative estimate of drug-likeness (QED) is 0.712. The average Bonchev–Trinajstić information content (AvgIpc) is 2.97. The molecule has 0 amide bonds. The zero-order valence-corrected chi connectivity index (χ0v) is 13.9. The molecule has 4 nitrogen and oxygen atoms in total. The van der Waals surface area contributed by atoms with Crippen molar-refractivity contribution in [2.75, 3.05) is 0 Å². The van der Waals surface area contributed by atoms with E-state index in [2.05, 4.69) is 18.0 Å². The number of allylic oxidation sites excluding steroid dienone is 1. The Morgan fingerprint density at radius 3 is 2.70 bits per heavy atom. The highest BCUT2D eigenvalue weighted by Crippen LogP contribution is 2.21. The van der Waals surface area contributed by atoms with Gasteiger partial charge in [0.05, 0.1) is 5.69 Å². The van der Waals surface area contributed by atoms with Crippen LogP contribution < -0.4 is 5.56 Å². The predicted octanol–water partition coefficient (Wildman–Crippen LogP) is 4.40. The fraction of sp³-hybridized carbons (Fsp3) is 0.222. The van der Waals surface area contributed by atoms with Gasteiger partial charge in [-0.15, -0.1) is 0 Å². The molecular weight excluding hydrogens is 310 g/mol. The van der Waals surface area contributed by atoms with Gasteiger partial charge in [0.25, 0.3) is 5.56 Å². The number of rotatable bonds is 4. The minimum atomic E-state index is -0.0784. The molecule has 3 rings (SSSR count). The molecule has 5 heteroatoms. The molecule has 2 aromatic heterocycles. The molecule has 0 fully saturated rings. The second-order valence-corrected chi connectivity index (χ2v) is 5.91. The zero-order valence-electron chi connectivity index (χ0n) is 13.2. The van der Waals surface area contributed by atoms with E-state index in [1.165, 1.54) is 0 Å². The van der Waals surface area contributed by atoms with Gasteiger partial charge in [0.1, 0.15) is 0 Å². The SMILES string of the molecule is CCC/C=C/n1c(C)cc(=O)n2cc(-c3ccc(Cl)cc3)nc12. The number of unbranched alkanes of at least 4 members (excludes halogenated alkanes) is 1. The lowest BCUT2D eigenvalue weighted by molar-refractivity contribution is 0.929. The zero-order chi connectivity index (χ0) is 16.4. The lowest BCUT2D eigenvalue weighted by Gasteiger charge is -2.06. The molecule has 0 radical (unpaired) electrons. The molecular formula is C18H18ClN3O. The van der Waals surface area contributed by atoms with Crippen LogP contribution in [0.15, 0.2) is 47.4 Å². The van der Waals surface area contributed by atoms with E-state index in [0.29, 0.717) is 10.8 Å². The van der Waals surface area contributed by atoms with Gasteiger partial charge in [0, 0.05) is 34.7 Å². The summed E-state index contributed by atoms with van der Waals surface area (Å²) in [6.45, 7) is 4.04. The fourth-order valence-corrected chi connectivity index (χ4v) is 2.59. The van der Waals surface area contributed by atoms with Crippen LogP contribution in [0.2, 0.25) is 5.02 Å². The molecule has 0 bridgehead atoms. The number of nitrogens with zero attached hydrogens (tertiary/aromatic N) is 3. The Hall–Kier alpha value is -2.33. The molecule has 0 saturated heterocycles. The maximum Gasteiger partial charge on any atom is 0.259 e. The third kappa shape index (κ3) is 3.08. The van der Waals surface area contributed by atoms with E-state index in [0.717, 1.165) is 29.8 Å². The minimum absolute atomic E-state index is 0.0784. The minimum Gasteiger partial charge on any atom is -0.291 e. The van der Waals surface area contributed by atoms with Crippen molar-refractivity contribution in [2.24, 2.45) is 0 Å². The molecule has 3 aromatic rings. The Labute approximate surface area is 139 Å². The highest BCUT2D eigenvalue weighted by Gasteiger charge is 2.10. The summed E-state index contributed by atoms with van der Waals surface area (Å²) in [7, 11) is 0. The van der Waals surface area contributed by atoms with E-state index in [4.69, 9.17) is 11.6 Å². The Morgan fingerprint density at radius 2 is 2.00 bits per heavy atom. The van der Waals surface area contributed by atoms with Crippen LogP contribution in [-0.2, 0) is 0 Å². The Morgan fingerprint density at radius 1 is 1.26 bits per heavy atom. The monoisotopic (exact) mass is 327 g/mol. The standard InChI is InChI=1S/C18H18ClN3O/c1-3-4-5-10-21-13(2)11-17(23)22-12-16(20-18(21)22)14-6-8-15(19)9-7-14/h5-12H,3-4H2,1-2H3/b10-5+. The lowest BCUT2D eigenvalue weighted by atomic mass is 10.2. The van der Waals surface area contributed by atoms with Crippen LogP contribution in [0.1, 0.15) is 25.5 Å². The predicted molar refractivity (Wildman–Crippen MR) is 94.9 cm³/mol. The second kappa shape index (κ2) is 6.42. The first-order valence-electron chi connectivity index (χ1n) is 7.64. The number of aryl methyl sites for hydroxylation is 1. The van der Waals surface area contributed by atoms with Crippen molar-refractivity contribution in [1.82, 2.24) is 14.0 Å². The van der Waals surface area contributed by atoms with Crippen molar-refractivity contribution in [3.05, 3.63) is 63.7 Å². The molecule has 0 saturated carbocycles. The van der Waals surface area contributed by atoms with E-state index < -0.39 is 0 Å². The largest absolute Gasteiger partial charge is 0.291 e. The summed E-state index contributed by atoms with van der Waals surface area (Å²) in [5.41, 5.74) is 2.47. The number of benzene rings is 1. The van der Waals surface area contributed by atoms with Gasteiger partial charge in [-0.3, -0.25) is 13.8 Å². The molecule has 0 atom stereocenters. The van der Waals surface area contributed by atoms with Gasteiger partial charge in [-0.1, -0.05) is 43.2 Å². The molecule has 0 aliphatic heterocycles. The lowest BCUT2D eigenvalue weighted by Crippen LogP contribution is -2.16. The van der Waals surface area contributed by atoms with Gasteiger partial charge >= 0.3 is 0 Å². The Kier molecular flexibility index (Phi) is 4.35.